The number of hydrogen-bond donors (Lipinski definition) is 2. The minimum absolute atomic E-state index is 0.0253. The van der Waals surface area contributed by atoms with Crippen LogP contribution in [0.5, 0.6) is 0 Å². The summed E-state index contributed by atoms with van der Waals surface area (Å²) in [6, 6.07) is 9.84. The van der Waals surface area contributed by atoms with Crippen molar-refractivity contribution in [3.8, 4) is 0 Å². The van der Waals surface area contributed by atoms with Gasteiger partial charge in [0.2, 0.25) is 5.91 Å². The maximum atomic E-state index is 12.7. The van der Waals surface area contributed by atoms with E-state index in [1.54, 1.807) is 0 Å². The van der Waals surface area contributed by atoms with Crippen LogP contribution in [0.2, 0.25) is 0 Å². The van der Waals surface area contributed by atoms with Crippen LogP contribution < -0.4 is 5.32 Å². The number of unbranched alkanes of at least 4 members (excludes halogenated alkanes) is 1. The molecule has 0 atom stereocenters. The molecule has 0 radical (unpaired) electrons. The Morgan fingerprint density at radius 3 is 2.45 bits per heavy atom. The quantitative estimate of drug-likeness (QED) is 0.757. The maximum Gasteiger partial charge on any atom is 0.303 e. The van der Waals surface area contributed by atoms with E-state index in [1.807, 2.05) is 30.3 Å². The van der Waals surface area contributed by atoms with Crippen molar-refractivity contribution in [1.82, 2.24) is 5.32 Å². The van der Waals surface area contributed by atoms with Crippen molar-refractivity contribution < 1.29 is 19.4 Å². The Morgan fingerprint density at radius 1 is 1.14 bits per heavy atom. The monoisotopic (exact) mass is 305 g/mol. The number of amides is 1. The van der Waals surface area contributed by atoms with E-state index in [0.29, 0.717) is 45.4 Å². The SMILES string of the molecule is O=C(O)CCCCNC(=O)C1(c2ccccc2)CCOCC1. The smallest absolute Gasteiger partial charge is 0.303 e. The van der Waals surface area contributed by atoms with Crippen LogP contribution in [0.4, 0.5) is 0 Å². The van der Waals surface area contributed by atoms with E-state index in [9.17, 15) is 9.59 Å². The number of nitrogens with one attached hydrogen (secondary N) is 1. The molecule has 1 fully saturated rings. The van der Waals surface area contributed by atoms with Crippen LogP contribution in [-0.2, 0) is 19.7 Å². The molecule has 0 aliphatic carbocycles. The minimum Gasteiger partial charge on any atom is -0.481 e. The summed E-state index contributed by atoms with van der Waals surface area (Å²) in [5, 5.41) is 11.6. The van der Waals surface area contributed by atoms with Crippen molar-refractivity contribution in [2.24, 2.45) is 0 Å². The Hall–Kier alpha value is -1.88. The Labute approximate surface area is 130 Å². The average Bonchev–Trinajstić information content (AvgIpc) is 2.55. The maximum absolute atomic E-state index is 12.7. The Morgan fingerprint density at radius 2 is 1.82 bits per heavy atom. The summed E-state index contributed by atoms with van der Waals surface area (Å²) < 4.78 is 5.42. The molecule has 5 nitrogen and oxygen atoms in total. The molecule has 1 aromatic rings. The van der Waals surface area contributed by atoms with E-state index in [2.05, 4.69) is 5.32 Å². The summed E-state index contributed by atoms with van der Waals surface area (Å²) >= 11 is 0. The number of aliphatic carboxylic acids is 1. The normalized spacial score (nSPS) is 16.9. The number of benzene rings is 1. The van der Waals surface area contributed by atoms with Gasteiger partial charge in [-0.3, -0.25) is 9.59 Å². The first-order valence-electron chi connectivity index (χ1n) is 7.78. The van der Waals surface area contributed by atoms with Gasteiger partial charge in [-0.1, -0.05) is 30.3 Å². The summed E-state index contributed by atoms with van der Waals surface area (Å²) in [7, 11) is 0. The van der Waals surface area contributed by atoms with Gasteiger partial charge in [0.15, 0.2) is 0 Å². The Bertz CT molecular complexity index is 495. The zero-order valence-corrected chi connectivity index (χ0v) is 12.7. The van der Waals surface area contributed by atoms with Crippen molar-refractivity contribution in [1.29, 1.82) is 0 Å². The number of carboxylic acid groups (broad SMARTS) is 1. The van der Waals surface area contributed by atoms with Gasteiger partial charge in [0.05, 0.1) is 5.41 Å². The van der Waals surface area contributed by atoms with Gasteiger partial charge in [-0.2, -0.15) is 0 Å². The van der Waals surface area contributed by atoms with E-state index in [-0.39, 0.29) is 12.3 Å². The number of carbonyl (C=O) groups is 2. The number of hydrogen-bond acceptors (Lipinski definition) is 3. The standard InChI is InChI=1S/C17H23NO4/c19-15(20)8-4-5-11-18-16(21)17(9-12-22-13-10-17)14-6-2-1-3-7-14/h1-3,6-7H,4-5,8-13H2,(H,18,21)(H,19,20). The Balaban J connectivity index is 1.97. The van der Waals surface area contributed by atoms with Gasteiger partial charge < -0.3 is 15.2 Å². The molecule has 0 bridgehead atoms. The lowest BCUT2D eigenvalue weighted by Gasteiger charge is -2.36. The summed E-state index contributed by atoms with van der Waals surface area (Å²) in [4.78, 5) is 23.2. The van der Waals surface area contributed by atoms with Gasteiger partial charge in [0.1, 0.15) is 0 Å². The van der Waals surface area contributed by atoms with Crippen LogP contribution in [0.3, 0.4) is 0 Å². The molecule has 0 unspecified atom stereocenters. The molecule has 5 heteroatoms. The van der Waals surface area contributed by atoms with Crippen molar-refractivity contribution >= 4 is 11.9 Å². The highest BCUT2D eigenvalue weighted by molar-refractivity contribution is 5.88. The van der Waals surface area contributed by atoms with Crippen LogP contribution in [0.1, 0.15) is 37.7 Å². The first kappa shape index (κ1) is 16.5. The van der Waals surface area contributed by atoms with Gasteiger partial charge in [-0.25, -0.2) is 0 Å². The Kier molecular flexibility index (Phi) is 5.95. The molecule has 0 aromatic heterocycles. The third kappa shape index (κ3) is 4.07. The van der Waals surface area contributed by atoms with Gasteiger partial charge >= 0.3 is 5.97 Å². The molecule has 1 amide bonds. The average molecular weight is 305 g/mol. The second kappa shape index (κ2) is 7.94. The van der Waals surface area contributed by atoms with Gasteiger partial charge in [-0.05, 0) is 31.2 Å². The highest BCUT2D eigenvalue weighted by Gasteiger charge is 2.41. The first-order valence-corrected chi connectivity index (χ1v) is 7.78. The lowest BCUT2D eigenvalue weighted by Crippen LogP contribution is -2.48. The molecular weight excluding hydrogens is 282 g/mol. The third-order valence-corrected chi connectivity index (χ3v) is 4.21. The molecule has 120 valence electrons. The minimum atomic E-state index is -0.795. The summed E-state index contributed by atoms with van der Waals surface area (Å²) in [5.74, 6) is -0.770. The zero-order valence-electron chi connectivity index (χ0n) is 12.7. The lowest BCUT2D eigenvalue weighted by molar-refractivity contribution is -0.137. The van der Waals surface area contributed by atoms with Crippen molar-refractivity contribution in [2.45, 2.75) is 37.5 Å². The topological polar surface area (TPSA) is 75.6 Å². The van der Waals surface area contributed by atoms with Crippen LogP contribution >= 0.6 is 0 Å². The van der Waals surface area contributed by atoms with E-state index < -0.39 is 11.4 Å². The predicted molar refractivity (Wildman–Crippen MR) is 82.7 cm³/mol. The molecule has 1 aliphatic heterocycles. The van der Waals surface area contributed by atoms with E-state index >= 15 is 0 Å². The summed E-state index contributed by atoms with van der Waals surface area (Å²) in [6.07, 6.45) is 2.76. The fourth-order valence-corrected chi connectivity index (χ4v) is 2.90. The largest absolute Gasteiger partial charge is 0.481 e. The molecule has 1 aliphatic rings. The fourth-order valence-electron chi connectivity index (χ4n) is 2.90. The number of ether oxygens (including phenoxy) is 1. The fraction of sp³-hybridized carbons (Fsp3) is 0.529. The number of carboxylic acids is 1. The van der Waals surface area contributed by atoms with Gasteiger partial charge in [0.25, 0.3) is 0 Å². The van der Waals surface area contributed by atoms with Crippen LogP contribution in [0.15, 0.2) is 30.3 Å². The molecule has 0 saturated carbocycles. The highest BCUT2D eigenvalue weighted by atomic mass is 16.5. The van der Waals surface area contributed by atoms with Crippen LogP contribution in [0.25, 0.3) is 0 Å². The lowest BCUT2D eigenvalue weighted by atomic mass is 9.73. The predicted octanol–water partition coefficient (Wildman–Crippen LogP) is 2.11. The van der Waals surface area contributed by atoms with Crippen LogP contribution in [-0.4, -0.2) is 36.7 Å². The number of rotatable bonds is 7. The van der Waals surface area contributed by atoms with Crippen LogP contribution in [0, 0.1) is 0 Å². The van der Waals surface area contributed by atoms with Crippen molar-refractivity contribution in [3.63, 3.8) is 0 Å². The van der Waals surface area contributed by atoms with Gasteiger partial charge in [0, 0.05) is 26.2 Å². The molecular formula is C17H23NO4. The number of carbonyl (C=O) groups excluding carboxylic acids is 1. The molecule has 2 rings (SSSR count). The van der Waals surface area contributed by atoms with E-state index in [1.165, 1.54) is 0 Å². The second-order valence-electron chi connectivity index (χ2n) is 5.67. The third-order valence-electron chi connectivity index (χ3n) is 4.21. The highest BCUT2D eigenvalue weighted by Crippen LogP contribution is 2.35. The summed E-state index contributed by atoms with van der Waals surface area (Å²) in [5.41, 5.74) is 0.507. The molecule has 2 N–H and O–H groups in total. The van der Waals surface area contributed by atoms with E-state index in [4.69, 9.17) is 9.84 Å². The van der Waals surface area contributed by atoms with E-state index in [0.717, 1.165) is 5.56 Å². The van der Waals surface area contributed by atoms with Gasteiger partial charge in [-0.15, -0.1) is 0 Å². The van der Waals surface area contributed by atoms with Crippen molar-refractivity contribution in [2.75, 3.05) is 19.8 Å². The molecule has 22 heavy (non-hydrogen) atoms. The first-order chi connectivity index (χ1) is 10.6. The van der Waals surface area contributed by atoms with Crippen molar-refractivity contribution in [3.05, 3.63) is 35.9 Å². The molecule has 1 saturated heterocycles. The zero-order chi connectivity index (χ0) is 15.8. The molecule has 0 spiro atoms. The summed E-state index contributed by atoms with van der Waals surface area (Å²) in [6.45, 7) is 1.68. The molecule has 1 heterocycles. The molecule has 1 aromatic carbocycles. The second-order valence-corrected chi connectivity index (χ2v) is 5.67.